The molecule has 0 saturated heterocycles. The minimum atomic E-state index is -0.199. The third-order valence-corrected chi connectivity index (χ3v) is 4.48. The molecule has 0 aliphatic rings. The van der Waals surface area contributed by atoms with Crippen LogP contribution in [0.25, 0.3) is 11.1 Å². The number of alkyl halides is 2. The molecule has 0 atom stereocenters. The van der Waals surface area contributed by atoms with Crippen molar-refractivity contribution in [3.8, 4) is 11.1 Å². The summed E-state index contributed by atoms with van der Waals surface area (Å²) in [4.78, 5) is 0. The van der Waals surface area contributed by atoms with Crippen molar-refractivity contribution >= 4 is 31.9 Å². The van der Waals surface area contributed by atoms with E-state index in [1.165, 1.54) is 11.6 Å². The van der Waals surface area contributed by atoms with Crippen LogP contribution in [0.4, 0.5) is 4.39 Å². The van der Waals surface area contributed by atoms with E-state index < -0.39 is 0 Å². The smallest absolute Gasteiger partial charge is 0.123 e. The molecule has 0 saturated carbocycles. The Labute approximate surface area is 123 Å². The zero-order chi connectivity index (χ0) is 13.0. The summed E-state index contributed by atoms with van der Waals surface area (Å²) in [5.74, 6) is 0.266. The van der Waals surface area contributed by atoms with Crippen molar-refractivity contribution in [3.63, 3.8) is 0 Å². The highest BCUT2D eigenvalue weighted by Gasteiger charge is 2.08. The van der Waals surface area contributed by atoms with Crippen molar-refractivity contribution in [1.29, 1.82) is 0 Å². The molecule has 0 spiro atoms. The molecule has 0 aromatic heterocycles. The van der Waals surface area contributed by atoms with Crippen molar-refractivity contribution in [2.24, 2.45) is 0 Å². The number of benzene rings is 2. The fraction of sp³-hybridized carbons (Fsp3) is 0.200. The maximum absolute atomic E-state index is 13.2. The van der Waals surface area contributed by atoms with Gasteiger partial charge < -0.3 is 0 Å². The summed E-state index contributed by atoms with van der Waals surface area (Å²) in [6, 6.07) is 15.0. The van der Waals surface area contributed by atoms with Crippen LogP contribution in [0.5, 0.6) is 0 Å². The molecule has 0 N–H and O–H groups in total. The second-order valence-electron chi connectivity index (χ2n) is 4.14. The monoisotopic (exact) mass is 370 g/mol. The average Bonchev–Trinajstić information content (AvgIpc) is 2.41. The first-order chi connectivity index (χ1) is 8.74. The van der Waals surface area contributed by atoms with Gasteiger partial charge in [-0.3, -0.25) is 0 Å². The van der Waals surface area contributed by atoms with Crippen LogP contribution in [0.1, 0.15) is 11.5 Å². The molecule has 94 valence electrons. The molecule has 2 rings (SSSR count). The van der Waals surface area contributed by atoms with Crippen molar-refractivity contribution < 1.29 is 4.39 Å². The van der Waals surface area contributed by atoms with Gasteiger partial charge in [-0.2, -0.15) is 0 Å². The summed E-state index contributed by atoms with van der Waals surface area (Å²) < 4.78 is 13.2. The molecular formula is C15H13Br2F. The highest BCUT2D eigenvalue weighted by atomic mass is 79.9. The summed E-state index contributed by atoms with van der Waals surface area (Å²) >= 11 is 7.01. The fourth-order valence-corrected chi connectivity index (χ4v) is 3.66. The highest BCUT2D eigenvalue weighted by molar-refractivity contribution is 9.09. The van der Waals surface area contributed by atoms with Crippen molar-refractivity contribution in [3.05, 3.63) is 59.9 Å². The Hall–Kier alpha value is -0.670. The minimum absolute atomic E-state index is 0.199. The van der Waals surface area contributed by atoms with Gasteiger partial charge in [0.25, 0.3) is 0 Å². The van der Waals surface area contributed by atoms with E-state index in [-0.39, 0.29) is 5.82 Å². The molecule has 0 nitrogen and oxygen atoms in total. The van der Waals surface area contributed by atoms with E-state index in [4.69, 9.17) is 0 Å². The largest absolute Gasteiger partial charge is 0.207 e. The van der Waals surface area contributed by atoms with E-state index in [1.807, 2.05) is 18.2 Å². The van der Waals surface area contributed by atoms with Gasteiger partial charge in [0.2, 0.25) is 0 Å². The van der Waals surface area contributed by atoms with E-state index in [2.05, 4.69) is 44.0 Å². The Morgan fingerprint density at radius 1 is 0.889 bits per heavy atom. The van der Waals surface area contributed by atoms with Crippen LogP contribution >= 0.6 is 31.9 Å². The van der Waals surface area contributed by atoms with Crippen LogP contribution < -0.4 is 0 Å². The maximum Gasteiger partial charge on any atom is 0.123 e. The van der Waals surface area contributed by atoms with E-state index in [0.29, 0.717) is 5.92 Å². The molecule has 0 heterocycles. The number of halogens is 3. The predicted molar refractivity (Wildman–Crippen MR) is 82.2 cm³/mol. The zero-order valence-electron chi connectivity index (χ0n) is 9.74. The first-order valence-corrected chi connectivity index (χ1v) is 7.96. The average molecular weight is 372 g/mol. The van der Waals surface area contributed by atoms with Gasteiger partial charge in [0.15, 0.2) is 0 Å². The molecule has 18 heavy (non-hydrogen) atoms. The molecular weight excluding hydrogens is 359 g/mol. The Balaban J connectivity index is 2.27. The maximum atomic E-state index is 13.2. The molecule has 0 aliphatic carbocycles. The lowest BCUT2D eigenvalue weighted by Crippen LogP contribution is -2.00. The summed E-state index contributed by atoms with van der Waals surface area (Å²) in [7, 11) is 0. The standard InChI is InChI=1S/C15H13Br2F/c16-9-14(10-17)12-6-4-11(5-7-12)13-2-1-3-15(18)8-13/h1-8,14H,9-10H2. The van der Waals surface area contributed by atoms with Crippen molar-refractivity contribution in [2.45, 2.75) is 5.92 Å². The molecule has 0 aliphatic heterocycles. The molecule has 0 unspecified atom stereocenters. The summed E-state index contributed by atoms with van der Waals surface area (Å²) in [5.41, 5.74) is 3.24. The first-order valence-electron chi connectivity index (χ1n) is 5.72. The third kappa shape index (κ3) is 3.21. The van der Waals surface area contributed by atoms with Gasteiger partial charge in [-0.1, -0.05) is 68.3 Å². The van der Waals surface area contributed by atoms with E-state index in [1.54, 1.807) is 12.1 Å². The van der Waals surface area contributed by atoms with E-state index >= 15 is 0 Å². The lowest BCUT2D eigenvalue weighted by Gasteiger charge is -2.11. The van der Waals surface area contributed by atoms with Gasteiger partial charge in [0.1, 0.15) is 5.82 Å². The van der Waals surface area contributed by atoms with Gasteiger partial charge in [0.05, 0.1) is 0 Å². The molecule has 3 heteroatoms. The Morgan fingerprint density at radius 3 is 2.11 bits per heavy atom. The lowest BCUT2D eigenvalue weighted by atomic mass is 9.99. The Bertz CT molecular complexity index is 504. The number of hydrogen-bond donors (Lipinski definition) is 0. The predicted octanol–water partition coefficient (Wildman–Crippen LogP) is 5.37. The number of hydrogen-bond acceptors (Lipinski definition) is 0. The highest BCUT2D eigenvalue weighted by Crippen LogP contribution is 2.25. The SMILES string of the molecule is Fc1cccc(-c2ccc(C(CBr)CBr)cc2)c1. The van der Waals surface area contributed by atoms with Crippen LogP contribution in [0, 0.1) is 5.82 Å². The molecule has 0 amide bonds. The van der Waals surface area contributed by atoms with E-state index in [0.717, 1.165) is 21.8 Å². The van der Waals surface area contributed by atoms with Crippen molar-refractivity contribution in [1.82, 2.24) is 0 Å². The zero-order valence-corrected chi connectivity index (χ0v) is 12.9. The lowest BCUT2D eigenvalue weighted by molar-refractivity contribution is 0.628. The summed E-state index contributed by atoms with van der Waals surface area (Å²) in [5, 5.41) is 1.86. The van der Waals surface area contributed by atoms with Gasteiger partial charge in [-0.05, 0) is 28.8 Å². The van der Waals surface area contributed by atoms with Crippen LogP contribution in [-0.2, 0) is 0 Å². The van der Waals surface area contributed by atoms with Crippen LogP contribution in [0.3, 0.4) is 0 Å². The van der Waals surface area contributed by atoms with Gasteiger partial charge in [-0.25, -0.2) is 4.39 Å². The van der Waals surface area contributed by atoms with Gasteiger partial charge in [-0.15, -0.1) is 0 Å². The molecule has 0 radical (unpaired) electrons. The second-order valence-corrected chi connectivity index (χ2v) is 5.43. The Morgan fingerprint density at radius 2 is 1.56 bits per heavy atom. The van der Waals surface area contributed by atoms with Gasteiger partial charge >= 0.3 is 0 Å². The first kappa shape index (κ1) is 13.8. The number of rotatable bonds is 4. The van der Waals surface area contributed by atoms with Crippen LogP contribution in [0.15, 0.2) is 48.5 Å². The summed E-state index contributed by atoms with van der Waals surface area (Å²) in [6.45, 7) is 0. The van der Waals surface area contributed by atoms with Crippen molar-refractivity contribution in [2.75, 3.05) is 10.7 Å². The van der Waals surface area contributed by atoms with Gasteiger partial charge in [0, 0.05) is 16.6 Å². The molecule has 2 aromatic rings. The third-order valence-electron chi connectivity index (χ3n) is 2.91. The normalized spacial score (nSPS) is 10.9. The summed E-state index contributed by atoms with van der Waals surface area (Å²) in [6.07, 6.45) is 0. The minimum Gasteiger partial charge on any atom is -0.207 e. The topological polar surface area (TPSA) is 0 Å². The molecule has 2 aromatic carbocycles. The van der Waals surface area contributed by atoms with Crippen LogP contribution in [-0.4, -0.2) is 10.7 Å². The van der Waals surface area contributed by atoms with Crippen LogP contribution in [0.2, 0.25) is 0 Å². The van der Waals surface area contributed by atoms with E-state index in [9.17, 15) is 4.39 Å². The Kier molecular flexibility index (Phi) is 4.95. The molecule has 0 fully saturated rings. The molecule has 0 bridgehead atoms. The second kappa shape index (κ2) is 6.48. The fourth-order valence-electron chi connectivity index (χ4n) is 1.84. The quantitative estimate of drug-likeness (QED) is 0.634.